The molecule has 4 N–H and O–H groups in total. The molecule has 2 aromatic heterocycles. The highest BCUT2D eigenvalue weighted by atomic mass is 32.2. The molecule has 0 saturated heterocycles. The third kappa shape index (κ3) is 5.99. The fraction of sp³-hybridized carbons (Fsp3) is 0.467. The van der Waals surface area contributed by atoms with Crippen molar-refractivity contribution < 1.29 is 27.3 Å². The van der Waals surface area contributed by atoms with E-state index < -0.39 is 51.9 Å². The van der Waals surface area contributed by atoms with E-state index in [0.717, 1.165) is 0 Å². The summed E-state index contributed by atoms with van der Waals surface area (Å²) in [6.07, 6.45) is -1.57. The average molecular weight is 420 g/mol. The van der Waals surface area contributed by atoms with Crippen LogP contribution < -0.4 is 5.73 Å². The molecule has 0 aromatic carbocycles. The van der Waals surface area contributed by atoms with Crippen molar-refractivity contribution in [1.29, 1.82) is 4.78 Å². The van der Waals surface area contributed by atoms with Crippen molar-refractivity contribution in [1.82, 2.24) is 20.0 Å². The monoisotopic (exact) mass is 420 g/mol. The number of rotatable bonds is 9. The topological polar surface area (TPSA) is 148 Å². The van der Waals surface area contributed by atoms with Gasteiger partial charge in [0.15, 0.2) is 6.04 Å². The zero-order valence-corrected chi connectivity index (χ0v) is 15.4. The number of carboxylic acid groups (broad SMARTS) is 1. The Kier molecular flexibility index (Phi) is 6.72. The number of pyridine rings is 1. The highest BCUT2D eigenvalue weighted by Gasteiger charge is 2.42. The van der Waals surface area contributed by atoms with Gasteiger partial charge >= 0.3 is 12.1 Å². The number of nitrogens with one attached hydrogen (secondary N) is 1. The minimum absolute atomic E-state index is 0.196. The molecule has 0 radical (unpaired) electrons. The molecule has 2 aromatic rings. The highest BCUT2D eigenvalue weighted by molar-refractivity contribution is 7.92. The van der Waals surface area contributed by atoms with Gasteiger partial charge in [0.1, 0.15) is 11.7 Å². The average Bonchev–Trinajstić information content (AvgIpc) is 3.09. The summed E-state index contributed by atoms with van der Waals surface area (Å²) in [5.74, 6) is -2.32. The van der Waals surface area contributed by atoms with E-state index in [1.54, 1.807) is 12.1 Å². The number of hydrogen-bond donors (Lipinski definition) is 3. The zero-order valence-electron chi connectivity index (χ0n) is 14.5. The maximum absolute atomic E-state index is 13.4. The Balaban J connectivity index is 2.11. The molecule has 3 atom stereocenters. The molecule has 154 valence electrons. The molecule has 0 fully saturated rings. The fourth-order valence-electron chi connectivity index (χ4n) is 2.33. The summed E-state index contributed by atoms with van der Waals surface area (Å²) in [6.45, 7) is 0. The first-order valence-electron chi connectivity index (χ1n) is 8.11. The maximum Gasteiger partial charge on any atom is 0.412 e. The van der Waals surface area contributed by atoms with Gasteiger partial charge in [0.25, 0.3) is 0 Å². The van der Waals surface area contributed by atoms with E-state index in [-0.39, 0.29) is 12.1 Å². The van der Waals surface area contributed by atoms with Crippen molar-refractivity contribution in [2.45, 2.75) is 31.1 Å². The highest BCUT2D eigenvalue weighted by Crippen LogP contribution is 2.33. The number of alkyl halides is 3. The van der Waals surface area contributed by atoms with Crippen LogP contribution in [0.2, 0.25) is 0 Å². The predicted molar refractivity (Wildman–Crippen MR) is 93.8 cm³/mol. The van der Waals surface area contributed by atoms with Gasteiger partial charge in [0, 0.05) is 39.2 Å². The second-order valence-electron chi connectivity index (χ2n) is 6.09. The normalized spacial score (nSPS) is 16.3. The molecule has 0 aliphatic carbocycles. The van der Waals surface area contributed by atoms with Crippen LogP contribution in [0.4, 0.5) is 13.2 Å². The van der Waals surface area contributed by atoms with Gasteiger partial charge in [-0.1, -0.05) is 0 Å². The van der Waals surface area contributed by atoms with Crippen molar-refractivity contribution in [3.8, 4) is 11.3 Å². The Labute approximate surface area is 158 Å². The summed E-state index contributed by atoms with van der Waals surface area (Å²) in [6, 6.07) is -0.268. The maximum atomic E-state index is 13.4. The molecule has 13 heteroatoms. The van der Waals surface area contributed by atoms with Gasteiger partial charge in [-0.3, -0.25) is 14.6 Å². The number of nitrogens with zero attached hydrogens (tertiary/aromatic N) is 4. The minimum Gasteiger partial charge on any atom is -0.480 e. The number of nitrogens with two attached hydrogens (primary N) is 1. The van der Waals surface area contributed by atoms with E-state index in [0.29, 0.717) is 10.4 Å². The van der Waals surface area contributed by atoms with E-state index in [9.17, 15) is 22.2 Å². The van der Waals surface area contributed by atoms with E-state index in [1.165, 1.54) is 18.6 Å². The summed E-state index contributed by atoms with van der Waals surface area (Å²) in [5.41, 5.74) is 5.96. The third-order valence-electron chi connectivity index (χ3n) is 3.92. The lowest BCUT2D eigenvalue weighted by molar-refractivity contribution is -0.173. The van der Waals surface area contributed by atoms with Gasteiger partial charge in [-0.2, -0.15) is 28.2 Å². The van der Waals surface area contributed by atoms with Crippen molar-refractivity contribution in [3.63, 3.8) is 0 Å². The lowest BCUT2D eigenvalue weighted by Crippen LogP contribution is -2.33. The van der Waals surface area contributed by atoms with Crippen LogP contribution in [0, 0.1) is 4.78 Å². The number of carboxylic acids is 1. The quantitative estimate of drug-likeness (QED) is 0.559. The number of aliphatic carboxylic acids is 1. The number of aromatic nitrogens is 4. The summed E-state index contributed by atoms with van der Waals surface area (Å²) in [4.78, 5) is 15.0. The molecule has 0 aliphatic rings. The van der Waals surface area contributed by atoms with Crippen molar-refractivity contribution in [2.24, 2.45) is 5.73 Å². The van der Waals surface area contributed by atoms with Gasteiger partial charge in [-0.15, -0.1) is 0 Å². The van der Waals surface area contributed by atoms with E-state index in [4.69, 9.17) is 15.6 Å². The van der Waals surface area contributed by atoms with Crippen molar-refractivity contribution >= 4 is 15.7 Å². The molecule has 2 rings (SSSR count). The van der Waals surface area contributed by atoms with Crippen LogP contribution in [-0.2, 0) is 14.5 Å². The number of carbonyl (C=O) groups is 1. The predicted octanol–water partition coefficient (Wildman–Crippen LogP) is 1.68. The van der Waals surface area contributed by atoms with Crippen LogP contribution in [0.25, 0.3) is 11.3 Å². The first-order valence-corrected chi connectivity index (χ1v) is 10.0. The zero-order chi connectivity index (χ0) is 20.9. The summed E-state index contributed by atoms with van der Waals surface area (Å²) in [7, 11) is -3.44. The summed E-state index contributed by atoms with van der Waals surface area (Å²) >= 11 is 0. The SMILES string of the molecule is N=S(=O)(CCC(n1ncc(-c2cccnc2)n1)C(F)(F)F)CC[C@H](N)C(=O)O. The van der Waals surface area contributed by atoms with Crippen molar-refractivity contribution in [3.05, 3.63) is 30.7 Å². The van der Waals surface area contributed by atoms with Crippen LogP contribution in [0.15, 0.2) is 30.7 Å². The van der Waals surface area contributed by atoms with E-state index in [2.05, 4.69) is 15.2 Å². The molecule has 0 amide bonds. The van der Waals surface area contributed by atoms with Crippen LogP contribution >= 0.6 is 0 Å². The van der Waals surface area contributed by atoms with Gasteiger partial charge in [0.05, 0.1) is 6.20 Å². The Morgan fingerprint density at radius 3 is 2.57 bits per heavy atom. The van der Waals surface area contributed by atoms with Crippen LogP contribution in [-0.4, -0.2) is 59.0 Å². The largest absolute Gasteiger partial charge is 0.480 e. The summed E-state index contributed by atoms with van der Waals surface area (Å²) < 4.78 is 60.3. The van der Waals surface area contributed by atoms with Gasteiger partial charge in [-0.25, -0.2) is 4.21 Å². The Hall–Kier alpha value is -2.54. The second kappa shape index (κ2) is 8.65. The Bertz CT molecular complexity index is 901. The smallest absolute Gasteiger partial charge is 0.412 e. The Morgan fingerprint density at radius 1 is 1.32 bits per heavy atom. The van der Waals surface area contributed by atoms with Crippen molar-refractivity contribution in [2.75, 3.05) is 11.5 Å². The number of halogens is 3. The molecule has 2 heterocycles. The van der Waals surface area contributed by atoms with E-state index >= 15 is 0 Å². The molecular formula is C15H19F3N6O3S. The first-order chi connectivity index (χ1) is 13.0. The summed E-state index contributed by atoms with van der Waals surface area (Å²) in [5, 5.41) is 16.2. The van der Waals surface area contributed by atoms with Gasteiger partial charge < -0.3 is 10.8 Å². The molecule has 0 saturated carbocycles. The fourth-order valence-corrected chi connectivity index (χ4v) is 3.77. The molecule has 28 heavy (non-hydrogen) atoms. The van der Waals surface area contributed by atoms with Crippen LogP contribution in [0.1, 0.15) is 18.9 Å². The second-order valence-corrected chi connectivity index (χ2v) is 8.53. The van der Waals surface area contributed by atoms with Gasteiger partial charge in [0.2, 0.25) is 0 Å². The molecule has 0 bridgehead atoms. The minimum atomic E-state index is -4.72. The lowest BCUT2D eigenvalue weighted by Gasteiger charge is -2.20. The first kappa shape index (κ1) is 21.8. The number of hydrogen-bond acceptors (Lipinski definition) is 7. The molecule has 0 spiro atoms. The Morgan fingerprint density at radius 2 is 2.00 bits per heavy atom. The van der Waals surface area contributed by atoms with E-state index in [1.807, 2.05) is 0 Å². The van der Waals surface area contributed by atoms with Crippen LogP contribution in [0.3, 0.4) is 0 Å². The third-order valence-corrected chi connectivity index (χ3v) is 5.71. The molecule has 0 aliphatic heterocycles. The standard InChI is InChI=1S/C15H19F3N6O3S/c16-15(17,18)13(4-7-28(20,27)6-3-11(19)14(25)26)24-22-9-12(23-24)10-2-1-5-21-8-10/h1-2,5,8-9,11,13,20H,3-4,6-7,19H2,(H,25,26)/t11-,13?,28?/m0/s1. The molecule has 2 unspecified atom stereocenters. The van der Waals surface area contributed by atoms with Gasteiger partial charge in [-0.05, 0) is 25.0 Å². The van der Waals surface area contributed by atoms with Crippen LogP contribution in [0.5, 0.6) is 0 Å². The molecular weight excluding hydrogens is 401 g/mol. The lowest BCUT2D eigenvalue weighted by atomic mass is 10.2. The molecule has 9 nitrogen and oxygen atoms in total.